The molecule has 1 heterocycles. The maximum atomic E-state index is 11.9. The van der Waals surface area contributed by atoms with Crippen LogP contribution in [0.5, 0.6) is 0 Å². The van der Waals surface area contributed by atoms with Crippen LogP contribution in [0.3, 0.4) is 0 Å². The third-order valence-electron chi connectivity index (χ3n) is 3.13. The van der Waals surface area contributed by atoms with Crippen LogP contribution < -0.4 is 4.90 Å². The Morgan fingerprint density at radius 1 is 1.20 bits per heavy atom. The van der Waals surface area contributed by atoms with Crippen LogP contribution in [0.1, 0.15) is 6.92 Å². The van der Waals surface area contributed by atoms with Crippen LogP contribution in [-0.4, -0.2) is 48.2 Å². The summed E-state index contributed by atoms with van der Waals surface area (Å²) in [4.78, 5) is 15.4. The molecular weight excluding hydrogens is 276 g/mol. The summed E-state index contributed by atoms with van der Waals surface area (Å²) in [5.74, 6) is 0.704. The molecule has 0 fully saturated rings. The molecule has 20 heavy (non-hydrogen) atoms. The van der Waals surface area contributed by atoms with Gasteiger partial charge in [-0.3, -0.25) is 4.79 Å². The van der Waals surface area contributed by atoms with Crippen LogP contribution in [0.2, 0.25) is 5.15 Å². The Kier molecular flexibility index (Phi) is 4.39. The van der Waals surface area contributed by atoms with E-state index in [-0.39, 0.29) is 12.5 Å². The van der Waals surface area contributed by atoms with Gasteiger partial charge >= 0.3 is 0 Å². The van der Waals surface area contributed by atoms with Gasteiger partial charge in [0.1, 0.15) is 0 Å². The molecule has 0 aliphatic rings. The first-order valence-electron chi connectivity index (χ1n) is 6.40. The second-order valence-corrected chi connectivity index (χ2v) is 5.02. The van der Waals surface area contributed by atoms with Crippen molar-refractivity contribution in [2.24, 2.45) is 0 Å². The molecule has 0 atom stereocenters. The zero-order valence-corrected chi connectivity index (χ0v) is 12.6. The minimum absolute atomic E-state index is 0.0210. The van der Waals surface area contributed by atoms with E-state index in [1.54, 1.807) is 19.0 Å². The molecule has 0 unspecified atom stereocenters. The predicted molar refractivity (Wildman–Crippen MR) is 81.1 cm³/mol. The Balaban J connectivity index is 2.45. The molecular formula is C14H17ClN4O. The van der Waals surface area contributed by atoms with Crippen LogP contribution in [0.4, 0.5) is 5.82 Å². The molecule has 5 nitrogen and oxygen atoms in total. The van der Waals surface area contributed by atoms with Crippen LogP contribution in [0, 0.1) is 0 Å². The fourth-order valence-electron chi connectivity index (χ4n) is 1.93. The molecule has 0 radical (unpaired) electrons. The number of fused-ring (bicyclic) bond motifs is 1. The number of rotatable bonds is 4. The number of amides is 1. The summed E-state index contributed by atoms with van der Waals surface area (Å²) in [6.45, 7) is 2.91. The Morgan fingerprint density at radius 3 is 2.45 bits per heavy atom. The van der Waals surface area contributed by atoms with Crippen molar-refractivity contribution >= 4 is 34.1 Å². The quantitative estimate of drug-likeness (QED) is 0.867. The number of carbonyl (C=O) groups is 1. The van der Waals surface area contributed by atoms with Gasteiger partial charge in [-0.25, -0.2) is 0 Å². The summed E-state index contributed by atoms with van der Waals surface area (Å²) in [6, 6.07) is 7.66. The summed E-state index contributed by atoms with van der Waals surface area (Å²) in [5, 5.41) is 10.3. The van der Waals surface area contributed by atoms with E-state index in [9.17, 15) is 4.79 Å². The molecule has 0 aliphatic carbocycles. The van der Waals surface area contributed by atoms with E-state index in [0.717, 1.165) is 10.8 Å². The van der Waals surface area contributed by atoms with Gasteiger partial charge in [-0.1, -0.05) is 35.9 Å². The number of halogens is 1. The molecule has 0 bridgehead atoms. The smallest absolute Gasteiger partial charge is 0.241 e. The second kappa shape index (κ2) is 6.05. The number of anilines is 1. The van der Waals surface area contributed by atoms with E-state index < -0.39 is 0 Å². The van der Waals surface area contributed by atoms with Crippen molar-refractivity contribution in [2.45, 2.75) is 6.92 Å². The highest BCUT2D eigenvalue weighted by molar-refractivity contribution is 6.34. The monoisotopic (exact) mass is 292 g/mol. The highest BCUT2D eigenvalue weighted by Crippen LogP contribution is 2.27. The van der Waals surface area contributed by atoms with Crippen molar-refractivity contribution < 1.29 is 4.79 Å². The van der Waals surface area contributed by atoms with Gasteiger partial charge in [-0.15, -0.1) is 10.2 Å². The van der Waals surface area contributed by atoms with Crippen LogP contribution in [-0.2, 0) is 4.79 Å². The molecule has 2 aromatic rings. The molecule has 0 saturated heterocycles. The summed E-state index contributed by atoms with van der Waals surface area (Å²) in [5.41, 5.74) is 0. The summed E-state index contributed by atoms with van der Waals surface area (Å²) in [7, 11) is 3.48. The maximum absolute atomic E-state index is 11.9. The molecule has 0 N–H and O–H groups in total. The van der Waals surface area contributed by atoms with E-state index in [4.69, 9.17) is 11.6 Å². The van der Waals surface area contributed by atoms with Gasteiger partial charge in [0.25, 0.3) is 0 Å². The number of nitrogens with zero attached hydrogens (tertiary/aromatic N) is 4. The average molecular weight is 293 g/mol. The Morgan fingerprint density at radius 2 is 1.85 bits per heavy atom. The SMILES string of the molecule is CCN(CC(=O)N(C)C)c1nnc(Cl)c2ccccc12. The van der Waals surface area contributed by atoms with Crippen LogP contribution >= 0.6 is 11.6 Å². The lowest BCUT2D eigenvalue weighted by molar-refractivity contribution is -0.127. The minimum Gasteiger partial charge on any atom is -0.347 e. The Hall–Kier alpha value is -1.88. The highest BCUT2D eigenvalue weighted by atomic mass is 35.5. The van der Waals surface area contributed by atoms with Crippen LogP contribution in [0.15, 0.2) is 24.3 Å². The fraction of sp³-hybridized carbons (Fsp3) is 0.357. The van der Waals surface area contributed by atoms with Gasteiger partial charge in [-0.2, -0.15) is 0 Å². The summed E-state index contributed by atoms with van der Waals surface area (Å²) >= 11 is 6.07. The normalized spacial score (nSPS) is 10.6. The molecule has 0 aliphatic heterocycles. The van der Waals surface area contributed by atoms with E-state index in [1.165, 1.54) is 0 Å². The minimum atomic E-state index is 0.0210. The first-order chi connectivity index (χ1) is 9.54. The number of carbonyl (C=O) groups excluding carboxylic acids is 1. The zero-order chi connectivity index (χ0) is 14.7. The Bertz CT molecular complexity index is 630. The lowest BCUT2D eigenvalue weighted by Crippen LogP contribution is -2.37. The lowest BCUT2D eigenvalue weighted by Gasteiger charge is -2.24. The molecule has 2 rings (SSSR count). The first-order valence-corrected chi connectivity index (χ1v) is 6.78. The van der Waals surface area contributed by atoms with E-state index >= 15 is 0 Å². The van der Waals surface area contributed by atoms with Crippen molar-refractivity contribution in [1.82, 2.24) is 15.1 Å². The molecule has 1 amide bonds. The fourth-order valence-corrected chi connectivity index (χ4v) is 2.13. The number of benzene rings is 1. The number of hydrogen-bond donors (Lipinski definition) is 0. The van der Waals surface area contributed by atoms with Gasteiger partial charge < -0.3 is 9.80 Å². The van der Waals surface area contributed by atoms with Crippen molar-refractivity contribution in [2.75, 3.05) is 32.1 Å². The predicted octanol–water partition coefficient (Wildman–Crippen LogP) is 2.20. The lowest BCUT2D eigenvalue weighted by atomic mass is 10.2. The zero-order valence-electron chi connectivity index (χ0n) is 11.8. The average Bonchev–Trinajstić information content (AvgIpc) is 2.45. The summed E-state index contributed by atoms with van der Waals surface area (Å²) < 4.78 is 0. The van der Waals surface area contributed by atoms with Crippen LogP contribution in [0.25, 0.3) is 10.8 Å². The summed E-state index contributed by atoms with van der Waals surface area (Å²) in [6.07, 6.45) is 0. The van der Waals surface area contributed by atoms with Crippen molar-refractivity contribution in [3.63, 3.8) is 0 Å². The van der Waals surface area contributed by atoms with Crippen molar-refractivity contribution in [1.29, 1.82) is 0 Å². The number of hydrogen-bond acceptors (Lipinski definition) is 4. The van der Waals surface area contributed by atoms with Gasteiger partial charge in [-0.05, 0) is 6.92 Å². The number of aromatic nitrogens is 2. The van der Waals surface area contributed by atoms with E-state index in [0.29, 0.717) is 17.5 Å². The second-order valence-electron chi connectivity index (χ2n) is 4.66. The molecule has 1 aromatic heterocycles. The molecule has 1 aromatic carbocycles. The van der Waals surface area contributed by atoms with Gasteiger partial charge in [0.15, 0.2) is 11.0 Å². The van der Waals surface area contributed by atoms with Crippen molar-refractivity contribution in [3.05, 3.63) is 29.4 Å². The van der Waals surface area contributed by atoms with Gasteiger partial charge in [0, 0.05) is 31.4 Å². The van der Waals surface area contributed by atoms with Crippen molar-refractivity contribution in [3.8, 4) is 0 Å². The molecule has 106 valence electrons. The third-order valence-corrected chi connectivity index (χ3v) is 3.41. The molecule has 0 saturated carbocycles. The molecule has 0 spiro atoms. The molecule has 6 heteroatoms. The van der Waals surface area contributed by atoms with E-state index in [1.807, 2.05) is 36.1 Å². The third kappa shape index (κ3) is 2.82. The maximum Gasteiger partial charge on any atom is 0.241 e. The largest absolute Gasteiger partial charge is 0.347 e. The Labute approximate surface area is 123 Å². The van der Waals surface area contributed by atoms with Gasteiger partial charge in [0.2, 0.25) is 5.91 Å². The topological polar surface area (TPSA) is 49.3 Å². The van der Waals surface area contributed by atoms with E-state index in [2.05, 4.69) is 10.2 Å². The highest BCUT2D eigenvalue weighted by Gasteiger charge is 2.16. The first kappa shape index (κ1) is 14.5. The standard InChI is InChI=1S/C14H17ClN4O/c1-4-19(9-12(20)18(2)3)14-11-8-6-5-7-10(11)13(15)16-17-14/h5-8H,4,9H2,1-3H3. The van der Waals surface area contributed by atoms with Gasteiger partial charge in [0.05, 0.1) is 6.54 Å². The number of likely N-dealkylation sites (N-methyl/N-ethyl adjacent to an activating group) is 2.